The molecule has 1 N–H and O–H groups in total. The standard InChI is InChI=1S/C24H28N2O2S/c1-16-7-12-20-21(14-25)24(29-22(20)13-16)26-23(27)15-28-19-10-8-18(9-11-19)17-5-3-2-4-6-17/h8-11,16-17H,2-7,12-13,15H2,1H3,(H,26,27)/t16-/m0/s1. The van der Waals surface area contributed by atoms with E-state index in [1.165, 1.54) is 42.5 Å². The smallest absolute Gasteiger partial charge is 0.262 e. The Bertz CT molecular complexity index is 904. The summed E-state index contributed by atoms with van der Waals surface area (Å²) < 4.78 is 5.68. The van der Waals surface area contributed by atoms with E-state index in [-0.39, 0.29) is 12.5 Å². The van der Waals surface area contributed by atoms with Crippen molar-refractivity contribution >= 4 is 22.2 Å². The molecule has 0 unspecified atom stereocenters. The van der Waals surface area contributed by atoms with Gasteiger partial charge in [0.2, 0.25) is 0 Å². The average molecular weight is 409 g/mol. The molecule has 0 radical (unpaired) electrons. The molecular formula is C24H28N2O2S. The first-order valence-corrected chi connectivity index (χ1v) is 11.5. The zero-order valence-corrected chi connectivity index (χ0v) is 17.8. The molecule has 2 aliphatic rings. The Kier molecular flexibility index (Phi) is 6.20. The first kappa shape index (κ1) is 20.0. The fraction of sp³-hybridized carbons (Fsp3) is 0.500. The topological polar surface area (TPSA) is 62.1 Å². The van der Waals surface area contributed by atoms with Gasteiger partial charge in [-0.3, -0.25) is 4.79 Å². The zero-order chi connectivity index (χ0) is 20.2. The quantitative estimate of drug-likeness (QED) is 0.679. The summed E-state index contributed by atoms with van der Waals surface area (Å²) in [6.07, 6.45) is 9.56. The lowest BCUT2D eigenvalue weighted by molar-refractivity contribution is -0.118. The third kappa shape index (κ3) is 4.64. The van der Waals surface area contributed by atoms with Crippen molar-refractivity contribution in [3.8, 4) is 11.8 Å². The van der Waals surface area contributed by atoms with Crippen LogP contribution in [0, 0.1) is 17.2 Å². The lowest BCUT2D eigenvalue weighted by Crippen LogP contribution is -2.20. The first-order chi connectivity index (χ1) is 14.1. The van der Waals surface area contributed by atoms with Gasteiger partial charge in [-0.15, -0.1) is 11.3 Å². The molecule has 29 heavy (non-hydrogen) atoms. The molecule has 1 aromatic carbocycles. The molecule has 1 aromatic heterocycles. The summed E-state index contributed by atoms with van der Waals surface area (Å²) in [5.41, 5.74) is 3.14. The number of hydrogen-bond donors (Lipinski definition) is 1. The minimum Gasteiger partial charge on any atom is -0.484 e. The molecule has 0 bridgehead atoms. The Labute approximate surface area is 176 Å². The maximum Gasteiger partial charge on any atom is 0.262 e. The van der Waals surface area contributed by atoms with Crippen molar-refractivity contribution < 1.29 is 9.53 Å². The monoisotopic (exact) mass is 408 g/mol. The maximum absolute atomic E-state index is 12.4. The van der Waals surface area contributed by atoms with E-state index in [2.05, 4.69) is 30.4 Å². The van der Waals surface area contributed by atoms with Crippen LogP contribution in [0.2, 0.25) is 0 Å². The summed E-state index contributed by atoms with van der Waals surface area (Å²) in [5.74, 6) is 1.79. The van der Waals surface area contributed by atoms with Gasteiger partial charge in [-0.2, -0.15) is 5.26 Å². The van der Waals surface area contributed by atoms with Crippen molar-refractivity contribution in [3.63, 3.8) is 0 Å². The molecule has 2 aliphatic carbocycles. The highest BCUT2D eigenvalue weighted by Gasteiger charge is 2.24. The Hall–Kier alpha value is -2.32. The highest BCUT2D eigenvalue weighted by Crippen LogP contribution is 2.39. The molecule has 0 saturated heterocycles. The number of nitrogens with one attached hydrogen (secondary N) is 1. The Balaban J connectivity index is 1.34. The van der Waals surface area contributed by atoms with Crippen LogP contribution >= 0.6 is 11.3 Å². The van der Waals surface area contributed by atoms with Gasteiger partial charge in [-0.1, -0.05) is 38.3 Å². The summed E-state index contributed by atoms with van der Waals surface area (Å²) in [4.78, 5) is 13.7. The van der Waals surface area contributed by atoms with Crippen molar-refractivity contribution in [1.29, 1.82) is 5.26 Å². The van der Waals surface area contributed by atoms with Crippen LogP contribution in [0.25, 0.3) is 0 Å². The van der Waals surface area contributed by atoms with Crippen LogP contribution in [-0.4, -0.2) is 12.5 Å². The van der Waals surface area contributed by atoms with Gasteiger partial charge in [0.05, 0.1) is 5.56 Å². The molecule has 1 atom stereocenters. The van der Waals surface area contributed by atoms with Gasteiger partial charge in [-0.25, -0.2) is 0 Å². The number of amides is 1. The highest BCUT2D eigenvalue weighted by atomic mass is 32.1. The van der Waals surface area contributed by atoms with Crippen molar-refractivity contribution in [2.45, 2.75) is 64.2 Å². The van der Waals surface area contributed by atoms with E-state index in [9.17, 15) is 10.1 Å². The number of ether oxygens (including phenoxy) is 1. The predicted octanol–water partition coefficient (Wildman–Crippen LogP) is 5.81. The third-order valence-electron chi connectivity index (χ3n) is 6.20. The Morgan fingerprint density at radius 1 is 1.21 bits per heavy atom. The van der Waals surface area contributed by atoms with Crippen LogP contribution in [0.3, 0.4) is 0 Å². The van der Waals surface area contributed by atoms with E-state index in [0.29, 0.717) is 28.1 Å². The number of rotatable bonds is 5. The Morgan fingerprint density at radius 3 is 2.69 bits per heavy atom. The normalized spacial score (nSPS) is 19.2. The van der Waals surface area contributed by atoms with Crippen molar-refractivity contribution in [1.82, 2.24) is 0 Å². The van der Waals surface area contributed by atoms with Crippen LogP contribution in [0.4, 0.5) is 5.00 Å². The van der Waals surface area contributed by atoms with E-state index in [1.54, 1.807) is 11.3 Å². The number of nitriles is 1. The maximum atomic E-state index is 12.4. The van der Waals surface area contributed by atoms with Crippen molar-refractivity contribution in [2.24, 2.45) is 5.92 Å². The summed E-state index contributed by atoms with van der Waals surface area (Å²) in [5, 5.41) is 13.1. The summed E-state index contributed by atoms with van der Waals surface area (Å²) in [7, 11) is 0. The number of carbonyl (C=O) groups is 1. The van der Waals surface area contributed by atoms with E-state index in [1.807, 2.05) is 12.1 Å². The fourth-order valence-electron chi connectivity index (χ4n) is 4.54. The zero-order valence-electron chi connectivity index (χ0n) is 17.0. The molecule has 152 valence electrons. The summed E-state index contributed by atoms with van der Waals surface area (Å²) in [6, 6.07) is 10.5. The number of hydrogen-bond acceptors (Lipinski definition) is 4. The average Bonchev–Trinajstić information content (AvgIpc) is 3.09. The molecule has 0 spiro atoms. The molecule has 1 fully saturated rings. The van der Waals surface area contributed by atoms with Gasteiger partial charge in [0.1, 0.15) is 16.8 Å². The second-order valence-electron chi connectivity index (χ2n) is 8.41. The van der Waals surface area contributed by atoms with Gasteiger partial charge >= 0.3 is 0 Å². The minimum absolute atomic E-state index is 0.0490. The lowest BCUT2D eigenvalue weighted by Gasteiger charge is -2.22. The van der Waals surface area contributed by atoms with E-state index in [0.717, 1.165) is 24.8 Å². The van der Waals surface area contributed by atoms with Crippen LogP contribution in [0.1, 0.15) is 72.9 Å². The molecule has 4 nitrogen and oxygen atoms in total. The van der Waals surface area contributed by atoms with Crippen LogP contribution < -0.4 is 10.1 Å². The molecule has 1 heterocycles. The second-order valence-corrected chi connectivity index (χ2v) is 9.51. The number of anilines is 1. The van der Waals surface area contributed by atoms with Crippen molar-refractivity contribution in [2.75, 3.05) is 11.9 Å². The van der Waals surface area contributed by atoms with Gasteiger partial charge < -0.3 is 10.1 Å². The molecular weight excluding hydrogens is 380 g/mol. The minimum atomic E-state index is -0.218. The van der Waals surface area contributed by atoms with Crippen LogP contribution in [0.15, 0.2) is 24.3 Å². The first-order valence-electron chi connectivity index (χ1n) is 10.7. The van der Waals surface area contributed by atoms with E-state index in [4.69, 9.17) is 4.74 Å². The SMILES string of the molecule is C[C@H]1CCc2c(sc(NC(=O)COc3ccc(C4CCCCC4)cc3)c2C#N)C1. The fourth-order valence-corrected chi connectivity index (χ4v) is 5.92. The predicted molar refractivity (Wildman–Crippen MR) is 117 cm³/mol. The van der Waals surface area contributed by atoms with E-state index < -0.39 is 0 Å². The second kappa shape index (κ2) is 9.00. The number of nitrogens with zero attached hydrogens (tertiary/aromatic N) is 1. The molecule has 4 rings (SSSR count). The lowest BCUT2D eigenvalue weighted by atomic mass is 9.84. The Morgan fingerprint density at radius 2 is 1.97 bits per heavy atom. The summed E-state index contributed by atoms with van der Waals surface area (Å²) >= 11 is 1.55. The van der Waals surface area contributed by atoms with Crippen molar-refractivity contribution in [3.05, 3.63) is 45.8 Å². The van der Waals surface area contributed by atoms with Gasteiger partial charge in [0, 0.05) is 4.88 Å². The number of benzene rings is 1. The van der Waals surface area contributed by atoms with Gasteiger partial charge in [-0.05, 0) is 67.2 Å². The van der Waals surface area contributed by atoms with Gasteiger partial charge in [0.15, 0.2) is 6.61 Å². The van der Waals surface area contributed by atoms with Crippen LogP contribution in [-0.2, 0) is 17.6 Å². The number of fused-ring (bicyclic) bond motifs is 1. The molecule has 1 amide bonds. The third-order valence-corrected chi connectivity index (χ3v) is 7.37. The van der Waals surface area contributed by atoms with E-state index >= 15 is 0 Å². The molecule has 2 aromatic rings. The molecule has 1 saturated carbocycles. The van der Waals surface area contributed by atoms with Crippen LogP contribution in [0.5, 0.6) is 5.75 Å². The molecule has 5 heteroatoms. The molecule has 0 aliphatic heterocycles. The largest absolute Gasteiger partial charge is 0.484 e. The number of carbonyl (C=O) groups excluding carboxylic acids is 1. The summed E-state index contributed by atoms with van der Waals surface area (Å²) in [6.45, 7) is 2.19. The highest BCUT2D eigenvalue weighted by molar-refractivity contribution is 7.16. The number of thiophene rings is 1. The van der Waals surface area contributed by atoms with Gasteiger partial charge in [0.25, 0.3) is 5.91 Å².